The second-order valence-electron chi connectivity index (χ2n) is 7.13. The summed E-state index contributed by atoms with van der Waals surface area (Å²) < 4.78 is 0. The summed E-state index contributed by atoms with van der Waals surface area (Å²) in [7, 11) is 0. The van der Waals surface area contributed by atoms with Crippen LogP contribution < -0.4 is 0 Å². The van der Waals surface area contributed by atoms with E-state index in [0.717, 1.165) is 32.4 Å². The highest BCUT2D eigenvalue weighted by Crippen LogP contribution is 2.52. The zero-order valence-electron chi connectivity index (χ0n) is 12.7. The first kappa shape index (κ1) is 13.9. The van der Waals surface area contributed by atoms with Crippen LogP contribution in [-0.4, -0.2) is 47.3 Å². The van der Waals surface area contributed by atoms with Crippen LogP contribution in [0, 0.1) is 11.3 Å². The van der Waals surface area contributed by atoms with Gasteiger partial charge in [0.2, 0.25) is 11.8 Å². The number of carbonyl (C=O) groups is 2. The molecule has 3 rings (SSSR count). The Balaban J connectivity index is 1.75. The van der Waals surface area contributed by atoms with E-state index in [4.69, 9.17) is 0 Å². The highest BCUT2D eigenvalue weighted by atomic mass is 16.2. The summed E-state index contributed by atoms with van der Waals surface area (Å²) in [6, 6.07) is -0.165. The third-order valence-corrected chi connectivity index (χ3v) is 5.64. The third kappa shape index (κ3) is 2.33. The van der Waals surface area contributed by atoms with Gasteiger partial charge in [-0.15, -0.1) is 0 Å². The van der Waals surface area contributed by atoms with Crippen LogP contribution in [0.4, 0.5) is 0 Å². The van der Waals surface area contributed by atoms with Gasteiger partial charge in [-0.1, -0.05) is 13.8 Å². The molecule has 3 aliphatic rings. The lowest BCUT2D eigenvalue weighted by molar-refractivity contribution is -0.143. The second-order valence-corrected chi connectivity index (χ2v) is 7.13. The summed E-state index contributed by atoms with van der Waals surface area (Å²) in [6.07, 6.45) is 5.95. The van der Waals surface area contributed by atoms with Gasteiger partial charge < -0.3 is 9.80 Å². The van der Waals surface area contributed by atoms with E-state index in [1.54, 1.807) is 0 Å². The molecule has 20 heavy (non-hydrogen) atoms. The number of fused-ring (bicyclic) bond motifs is 1. The van der Waals surface area contributed by atoms with E-state index in [1.807, 2.05) is 9.80 Å². The molecule has 1 saturated carbocycles. The fourth-order valence-electron chi connectivity index (χ4n) is 3.80. The van der Waals surface area contributed by atoms with Crippen molar-refractivity contribution in [2.24, 2.45) is 11.3 Å². The highest BCUT2D eigenvalue weighted by Gasteiger charge is 2.48. The molecule has 0 aromatic carbocycles. The minimum atomic E-state index is -0.165. The molecule has 1 unspecified atom stereocenters. The van der Waals surface area contributed by atoms with Crippen LogP contribution in [0.15, 0.2) is 0 Å². The Hall–Kier alpha value is -1.06. The zero-order valence-corrected chi connectivity index (χ0v) is 12.7. The summed E-state index contributed by atoms with van der Waals surface area (Å²) in [5.74, 6) is 1.01. The molecule has 2 aliphatic heterocycles. The van der Waals surface area contributed by atoms with Crippen molar-refractivity contribution in [1.82, 2.24) is 9.80 Å². The number of hydrogen-bond donors (Lipinski definition) is 0. The molecule has 0 spiro atoms. The van der Waals surface area contributed by atoms with Crippen molar-refractivity contribution in [3.8, 4) is 0 Å². The van der Waals surface area contributed by atoms with Crippen molar-refractivity contribution in [2.75, 3.05) is 19.6 Å². The van der Waals surface area contributed by atoms with Crippen molar-refractivity contribution in [2.45, 2.75) is 58.4 Å². The van der Waals surface area contributed by atoms with Gasteiger partial charge in [-0.3, -0.25) is 9.59 Å². The fourth-order valence-corrected chi connectivity index (χ4v) is 3.80. The molecule has 4 nitrogen and oxygen atoms in total. The van der Waals surface area contributed by atoms with Gasteiger partial charge in [0.1, 0.15) is 6.04 Å². The van der Waals surface area contributed by atoms with Crippen molar-refractivity contribution < 1.29 is 9.59 Å². The van der Waals surface area contributed by atoms with Gasteiger partial charge in [-0.05, 0) is 43.4 Å². The zero-order chi connectivity index (χ0) is 14.3. The third-order valence-electron chi connectivity index (χ3n) is 5.64. The van der Waals surface area contributed by atoms with Gasteiger partial charge in [-0.2, -0.15) is 0 Å². The van der Waals surface area contributed by atoms with E-state index < -0.39 is 0 Å². The molecule has 1 aliphatic carbocycles. The van der Waals surface area contributed by atoms with Crippen molar-refractivity contribution in [3.63, 3.8) is 0 Å². The Morgan fingerprint density at radius 3 is 2.60 bits per heavy atom. The molecular weight excluding hydrogens is 252 g/mol. The number of rotatable bonds is 3. The van der Waals surface area contributed by atoms with Gasteiger partial charge >= 0.3 is 0 Å². The van der Waals surface area contributed by atoms with Gasteiger partial charge in [-0.25, -0.2) is 0 Å². The Kier molecular flexibility index (Phi) is 3.51. The monoisotopic (exact) mass is 278 g/mol. The van der Waals surface area contributed by atoms with E-state index in [-0.39, 0.29) is 17.9 Å². The number of amides is 2. The lowest BCUT2D eigenvalue weighted by Gasteiger charge is -2.35. The average Bonchev–Trinajstić information content (AvgIpc) is 3.23. The minimum absolute atomic E-state index is 0.165. The molecule has 3 fully saturated rings. The normalized spacial score (nSPS) is 29.4. The number of carbonyl (C=O) groups excluding carboxylic acids is 2. The molecule has 4 heteroatoms. The van der Waals surface area contributed by atoms with E-state index >= 15 is 0 Å². The Morgan fingerprint density at radius 1 is 1.20 bits per heavy atom. The maximum atomic E-state index is 12.8. The van der Waals surface area contributed by atoms with Gasteiger partial charge in [0.15, 0.2) is 0 Å². The van der Waals surface area contributed by atoms with Crippen LogP contribution in [0.2, 0.25) is 0 Å². The molecule has 2 saturated heterocycles. The van der Waals surface area contributed by atoms with Crippen LogP contribution in [0.5, 0.6) is 0 Å². The minimum Gasteiger partial charge on any atom is -0.340 e. The van der Waals surface area contributed by atoms with E-state index in [1.165, 1.54) is 12.8 Å². The topological polar surface area (TPSA) is 40.6 Å². The van der Waals surface area contributed by atoms with Crippen molar-refractivity contribution in [1.29, 1.82) is 0 Å². The number of hydrogen-bond acceptors (Lipinski definition) is 2. The maximum absolute atomic E-state index is 12.8. The molecule has 2 amide bonds. The fraction of sp³-hybridized carbons (Fsp3) is 0.875. The molecule has 0 bridgehead atoms. The van der Waals surface area contributed by atoms with Crippen molar-refractivity contribution >= 4 is 11.8 Å². The second kappa shape index (κ2) is 5.05. The Morgan fingerprint density at radius 2 is 1.95 bits per heavy atom. The predicted octanol–water partition coefficient (Wildman–Crippen LogP) is 2.04. The van der Waals surface area contributed by atoms with Crippen LogP contribution >= 0.6 is 0 Å². The predicted molar refractivity (Wildman–Crippen MR) is 77.1 cm³/mol. The molecule has 0 aromatic rings. The standard InChI is InChI=1S/C16H26N2O2/c1-12(2)16(7-8-16)11-17-10-6-14(19)18-9-4-3-5-13(18)15(17)20/h12-13H,3-11H2,1-2H3. The summed E-state index contributed by atoms with van der Waals surface area (Å²) in [6.45, 7) is 6.78. The lowest BCUT2D eigenvalue weighted by atomic mass is 9.91. The largest absolute Gasteiger partial charge is 0.340 e. The molecule has 2 heterocycles. The van der Waals surface area contributed by atoms with Crippen LogP contribution in [-0.2, 0) is 9.59 Å². The maximum Gasteiger partial charge on any atom is 0.245 e. The van der Waals surface area contributed by atoms with Crippen LogP contribution in [0.1, 0.15) is 52.4 Å². The molecule has 0 N–H and O–H groups in total. The number of piperidine rings is 1. The molecule has 1 atom stereocenters. The summed E-state index contributed by atoms with van der Waals surface area (Å²) >= 11 is 0. The first-order valence-electron chi connectivity index (χ1n) is 8.12. The average molecular weight is 278 g/mol. The SMILES string of the molecule is CC(C)C1(CN2CCC(=O)N3CCCCC3C2=O)CC1. The lowest BCUT2D eigenvalue weighted by Crippen LogP contribution is -2.50. The summed E-state index contributed by atoms with van der Waals surface area (Å²) in [5.41, 5.74) is 0.336. The highest BCUT2D eigenvalue weighted by molar-refractivity contribution is 5.90. The van der Waals surface area contributed by atoms with Gasteiger partial charge in [0.05, 0.1) is 0 Å². The van der Waals surface area contributed by atoms with E-state index in [2.05, 4.69) is 13.8 Å². The molecule has 0 radical (unpaired) electrons. The van der Waals surface area contributed by atoms with E-state index in [0.29, 0.717) is 24.3 Å². The van der Waals surface area contributed by atoms with Crippen LogP contribution in [0.25, 0.3) is 0 Å². The molecule has 112 valence electrons. The summed E-state index contributed by atoms with van der Waals surface area (Å²) in [5, 5.41) is 0. The van der Waals surface area contributed by atoms with Crippen LogP contribution in [0.3, 0.4) is 0 Å². The first-order valence-corrected chi connectivity index (χ1v) is 8.12. The van der Waals surface area contributed by atoms with Gasteiger partial charge in [0, 0.05) is 26.1 Å². The molecular formula is C16H26N2O2. The van der Waals surface area contributed by atoms with Crippen molar-refractivity contribution in [3.05, 3.63) is 0 Å². The first-order chi connectivity index (χ1) is 9.53. The smallest absolute Gasteiger partial charge is 0.245 e. The molecule has 0 aromatic heterocycles. The Labute approximate surface area is 121 Å². The quantitative estimate of drug-likeness (QED) is 0.792. The Bertz CT molecular complexity index is 415. The van der Waals surface area contributed by atoms with E-state index in [9.17, 15) is 9.59 Å². The number of nitrogens with zero attached hydrogens (tertiary/aromatic N) is 2. The summed E-state index contributed by atoms with van der Waals surface area (Å²) in [4.78, 5) is 28.8. The van der Waals surface area contributed by atoms with Gasteiger partial charge in [0.25, 0.3) is 0 Å².